The first-order valence-corrected chi connectivity index (χ1v) is 5.83. The minimum absolute atomic E-state index is 0.730. The highest BCUT2D eigenvalue weighted by Crippen LogP contribution is 2.36. The molecule has 0 bridgehead atoms. The van der Waals surface area contributed by atoms with Gasteiger partial charge in [-0.1, -0.05) is 0 Å². The van der Waals surface area contributed by atoms with Gasteiger partial charge in [0.2, 0.25) is 0 Å². The van der Waals surface area contributed by atoms with Crippen LogP contribution in [0.25, 0.3) is 0 Å². The summed E-state index contributed by atoms with van der Waals surface area (Å²) < 4.78 is 19.0. The summed E-state index contributed by atoms with van der Waals surface area (Å²) in [7, 11) is -4.73. The van der Waals surface area contributed by atoms with Crippen LogP contribution in [0, 0.1) is 0 Å². The Kier molecular flexibility index (Phi) is 4.41. The minimum atomic E-state index is -4.73. The van der Waals surface area contributed by atoms with Gasteiger partial charge >= 0.3 is 7.82 Å². The number of hydrogen-bond donors (Lipinski definition) is 6. The number of rotatable bonds is 3. The Morgan fingerprint density at radius 1 is 1.06 bits per heavy atom. The summed E-state index contributed by atoms with van der Waals surface area (Å²) in [5, 5.41) is 36.7. The van der Waals surface area contributed by atoms with Crippen molar-refractivity contribution in [3.8, 4) is 0 Å². The molecule has 0 aromatic carbocycles. The summed E-state index contributed by atoms with van der Waals surface area (Å²) in [6.45, 7) is -0.730. The third-order valence-electron chi connectivity index (χ3n) is 2.09. The molecule has 0 aromatic heterocycles. The first-order chi connectivity index (χ1) is 7.22. The molecule has 1 aliphatic rings. The Labute approximate surface area is 90.1 Å². The number of phosphoric ester groups is 1. The van der Waals surface area contributed by atoms with Crippen LogP contribution in [0.5, 0.6) is 0 Å². The van der Waals surface area contributed by atoms with Crippen molar-refractivity contribution < 1.29 is 44.0 Å². The van der Waals surface area contributed by atoms with Crippen molar-refractivity contribution in [2.45, 2.75) is 30.7 Å². The lowest BCUT2D eigenvalue weighted by molar-refractivity contribution is -0.285. The zero-order valence-electron chi connectivity index (χ0n) is 7.95. The Balaban J connectivity index is 2.57. The molecule has 5 atom stereocenters. The highest BCUT2D eigenvalue weighted by molar-refractivity contribution is 7.46. The molecule has 16 heavy (non-hydrogen) atoms. The van der Waals surface area contributed by atoms with E-state index < -0.39 is 45.1 Å². The van der Waals surface area contributed by atoms with E-state index in [9.17, 15) is 14.8 Å². The summed E-state index contributed by atoms with van der Waals surface area (Å²) in [4.78, 5) is 16.8. The zero-order chi connectivity index (χ0) is 12.5. The van der Waals surface area contributed by atoms with Gasteiger partial charge in [-0.05, 0) is 0 Å². The van der Waals surface area contributed by atoms with E-state index in [1.54, 1.807) is 0 Å². The van der Waals surface area contributed by atoms with Crippen molar-refractivity contribution in [2.24, 2.45) is 0 Å². The molecule has 6 N–H and O–H groups in total. The van der Waals surface area contributed by atoms with Gasteiger partial charge in [0.15, 0.2) is 6.29 Å². The van der Waals surface area contributed by atoms with Gasteiger partial charge in [0, 0.05) is 0 Å². The predicted octanol–water partition coefficient (Wildman–Crippen LogP) is -3.10. The van der Waals surface area contributed by atoms with Crippen LogP contribution < -0.4 is 0 Å². The van der Waals surface area contributed by atoms with Gasteiger partial charge in [-0.2, -0.15) is 0 Å². The van der Waals surface area contributed by atoms with E-state index in [1.165, 1.54) is 0 Å². The molecule has 1 heterocycles. The number of aliphatic hydroxyl groups excluding tert-OH is 4. The molecule has 0 aliphatic carbocycles. The molecule has 1 saturated heterocycles. The summed E-state index contributed by atoms with van der Waals surface area (Å²) >= 11 is 0. The molecule has 1 fully saturated rings. The summed E-state index contributed by atoms with van der Waals surface area (Å²) in [5.74, 6) is 0. The second kappa shape index (κ2) is 5.05. The first kappa shape index (κ1) is 14.0. The smallest absolute Gasteiger partial charge is 0.387 e. The van der Waals surface area contributed by atoms with Crippen LogP contribution >= 0.6 is 7.82 Å². The molecular formula is C6H13O9P. The van der Waals surface area contributed by atoms with Crippen molar-refractivity contribution >= 4 is 7.82 Å². The normalized spacial score (nSPS) is 41.0. The fourth-order valence-corrected chi connectivity index (χ4v) is 1.58. The van der Waals surface area contributed by atoms with E-state index in [1.807, 2.05) is 0 Å². The van der Waals surface area contributed by atoms with Crippen molar-refractivity contribution in [3.05, 3.63) is 0 Å². The Hall–Kier alpha value is -0.0900. The topological polar surface area (TPSA) is 157 Å². The maximum absolute atomic E-state index is 10.4. The van der Waals surface area contributed by atoms with Crippen LogP contribution in [-0.2, 0) is 13.8 Å². The van der Waals surface area contributed by atoms with E-state index in [4.69, 9.17) is 20.0 Å². The first-order valence-electron chi connectivity index (χ1n) is 4.30. The second-order valence-corrected chi connectivity index (χ2v) is 4.56. The Morgan fingerprint density at radius 3 is 2.12 bits per heavy atom. The number of ether oxygens (including phenoxy) is 1. The number of phosphoric acid groups is 1. The van der Waals surface area contributed by atoms with Gasteiger partial charge in [0.1, 0.15) is 24.4 Å². The summed E-state index contributed by atoms with van der Waals surface area (Å²) in [6.07, 6.45) is -8.11. The van der Waals surface area contributed by atoms with Gasteiger partial charge in [0.25, 0.3) is 0 Å². The molecular weight excluding hydrogens is 247 g/mol. The van der Waals surface area contributed by atoms with Crippen LogP contribution in [0.15, 0.2) is 0 Å². The van der Waals surface area contributed by atoms with Crippen LogP contribution in [0.1, 0.15) is 0 Å². The van der Waals surface area contributed by atoms with Crippen molar-refractivity contribution in [1.82, 2.24) is 0 Å². The molecule has 1 rings (SSSR count). The SMILES string of the molecule is O=P(O)(O)OCC1O[C@@H](O)[C@@H](O)C(O)[C@@H]1O. The van der Waals surface area contributed by atoms with E-state index >= 15 is 0 Å². The van der Waals surface area contributed by atoms with E-state index in [0.717, 1.165) is 0 Å². The van der Waals surface area contributed by atoms with Gasteiger partial charge in [-0.3, -0.25) is 4.52 Å². The zero-order valence-corrected chi connectivity index (χ0v) is 8.84. The molecule has 2 unspecified atom stereocenters. The van der Waals surface area contributed by atoms with Gasteiger partial charge < -0.3 is 34.9 Å². The third kappa shape index (κ3) is 3.45. The van der Waals surface area contributed by atoms with E-state index in [2.05, 4.69) is 9.26 Å². The predicted molar refractivity (Wildman–Crippen MR) is 46.9 cm³/mol. The fourth-order valence-electron chi connectivity index (χ4n) is 1.24. The monoisotopic (exact) mass is 260 g/mol. The molecule has 0 saturated carbocycles. The second-order valence-electron chi connectivity index (χ2n) is 3.32. The highest BCUT2D eigenvalue weighted by Gasteiger charge is 2.43. The van der Waals surface area contributed by atoms with Gasteiger partial charge in [0.05, 0.1) is 6.61 Å². The Bertz CT molecular complexity index is 277. The van der Waals surface area contributed by atoms with Crippen molar-refractivity contribution in [3.63, 3.8) is 0 Å². The van der Waals surface area contributed by atoms with Gasteiger partial charge in [-0.15, -0.1) is 0 Å². The van der Waals surface area contributed by atoms with Crippen LogP contribution in [-0.4, -0.2) is 67.5 Å². The Morgan fingerprint density at radius 2 is 1.62 bits per heavy atom. The van der Waals surface area contributed by atoms with E-state index in [-0.39, 0.29) is 0 Å². The molecule has 10 heteroatoms. The van der Waals surface area contributed by atoms with Crippen molar-refractivity contribution in [2.75, 3.05) is 6.61 Å². The third-order valence-corrected chi connectivity index (χ3v) is 2.58. The van der Waals surface area contributed by atoms with Crippen LogP contribution in [0.2, 0.25) is 0 Å². The lowest BCUT2D eigenvalue weighted by Crippen LogP contribution is -2.58. The number of hydrogen-bond acceptors (Lipinski definition) is 7. The average molecular weight is 260 g/mol. The quantitative estimate of drug-likeness (QED) is 0.289. The molecule has 96 valence electrons. The average Bonchev–Trinajstić information content (AvgIpc) is 2.17. The fraction of sp³-hybridized carbons (Fsp3) is 1.00. The largest absolute Gasteiger partial charge is 0.469 e. The highest BCUT2D eigenvalue weighted by atomic mass is 31.2. The standard InChI is InChI=1S/C6H13O9P/c7-3-2(1-14-16(11,12)13)15-6(10)5(9)4(3)8/h2-10H,1H2,(H2,11,12,13)/t2?,3-,4?,5+,6-/m1/s1. The molecule has 0 amide bonds. The lowest BCUT2D eigenvalue weighted by Gasteiger charge is -2.38. The van der Waals surface area contributed by atoms with E-state index in [0.29, 0.717) is 0 Å². The molecule has 0 radical (unpaired) electrons. The van der Waals surface area contributed by atoms with Crippen LogP contribution in [0.3, 0.4) is 0 Å². The summed E-state index contributed by atoms with van der Waals surface area (Å²) in [5.41, 5.74) is 0. The van der Waals surface area contributed by atoms with Crippen LogP contribution in [0.4, 0.5) is 0 Å². The summed E-state index contributed by atoms with van der Waals surface area (Å²) in [6, 6.07) is 0. The molecule has 1 aliphatic heterocycles. The maximum Gasteiger partial charge on any atom is 0.469 e. The maximum atomic E-state index is 10.4. The minimum Gasteiger partial charge on any atom is -0.387 e. The molecule has 9 nitrogen and oxygen atoms in total. The lowest BCUT2D eigenvalue weighted by atomic mass is 10.00. The molecule has 0 spiro atoms. The number of aliphatic hydroxyl groups is 4. The molecule has 0 aromatic rings. The van der Waals surface area contributed by atoms with Crippen molar-refractivity contribution in [1.29, 1.82) is 0 Å². The van der Waals surface area contributed by atoms with Gasteiger partial charge in [-0.25, -0.2) is 4.57 Å².